The van der Waals surface area contributed by atoms with Crippen molar-refractivity contribution in [3.63, 3.8) is 0 Å². The number of thiocarbonyl (C=S) groups is 1. The standard InChI is InChI=1S/C13H19N3OS2/c1-4-16(2)11(17)8-15-9-6-5-7-10(19-3)12(9)13(14)18/h5-7,15H,4,8H2,1-3H3,(H2,14,18). The summed E-state index contributed by atoms with van der Waals surface area (Å²) in [6, 6.07) is 5.77. The number of nitrogens with one attached hydrogen (secondary N) is 1. The van der Waals surface area contributed by atoms with E-state index in [2.05, 4.69) is 5.32 Å². The second-order valence-corrected chi connectivity index (χ2v) is 5.30. The van der Waals surface area contributed by atoms with Crippen LogP contribution in [0.3, 0.4) is 0 Å². The van der Waals surface area contributed by atoms with E-state index in [1.165, 1.54) is 0 Å². The van der Waals surface area contributed by atoms with Crippen LogP contribution in [0.25, 0.3) is 0 Å². The summed E-state index contributed by atoms with van der Waals surface area (Å²) in [6.45, 7) is 2.86. The highest BCUT2D eigenvalue weighted by Gasteiger charge is 2.12. The van der Waals surface area contributed by atoms with Crippen LogP contribution in [-0.2, 0) is 4.79 Å². The zero-order chi connectivity index (χ0) is 14.4. The van der Waals surface area contributed by atoms with Crippen molar-refractivity contribution in [2.75, 3.05) is 31.7 Å². The molecule has 0 unspecified atom stereocenters. The number of carbonyl (C=O) groups is 1. The van der Waals surface area contributed by atoms with Crippen molar-refractivity contribution in [3.8, 4) is 0 Å². The molecule has 0 atom stereocenters. The van der Waals surface area contributed by atoms with Gasteiger partial charge in [-0.1, -0.05) is 18.3 Å². The van der Waals surface area contributed by atoms with Crippen LogP contribution in [-0.4, -0.2) is 42.2 Å². The maximum Gasteiger partial charge on any atom is 0.241 e. The quantitative estimate of drug-likeness (QED) is 0.621. The van der Waals surface area contributed by atoms with Gasteiger partial charge in [0, 0.05) is 29.7 Å². The van der Waals surface area contributed by atoms with Gasteiger partial charge in [-0.15, -0.1) is 11.8 Å². The summed E-state index contributed by atoms with van der Waals surface area (Å²) in [4.78, 5) is 14.8. The highest BCUT2D eigenvalue weighted by atomic mass is 32.2. The van der Waals surface area contributed by atoms with Crippen LogP contribution in [0.1, 0.15) is 12.5 Å². The van der Waals surface area contributed by atoms with E-state index in [0.29, 0.717) is 11.5 Å². The smallest absolute Gasteiger partial charge is 0.241 e. The summed E-state index contributed by atoms with van der Waals surface area (Å²) in [5.74, 6) is 0.0333. The number of benzene rings is 1. The van der Waals surface area contributed by atoms with Crippen molar-refractivity contribution in [1.29, 1.82) is 0 Å². The summed E-state index contributed by atoms with van der Waals surface area (Å²) >= 11 is 6.67. The number of anilines is 1. The molecule has 3 N–H and O–H groups in total. The highest BCUT2D eigenvalue weighted by molar-refractivity contribution is 7.98. The van der Waals surface area contributed by atoms with Crippen molar-refractivity contribution in [2.24, 2.45) is 5.73 Å². The number of carbonyl (C=O) groups excluding carboxylic acids is 1. The molecule has 19 heavy (non-hydrogen) atoms. The molecular weight excluding hydrogens is 278 g/mol. The zero-order valence-electron chi connectivity index (χ0n) is 11.4. The Morgan fingerprint density at radius 2 is 2.21 bits per heavy atom. The van der Waals surface area contributed by atoms with E-state index in [0.717, 1.165) is 16.1 Å². The van der Waals surface area contributed by atoms with Gasteiger partial charge in [0.2, 0.25) is 5.91 Å². The van der Waals surface area contributed by atoms with Gasteiger partial charge >= 0.3 is 0 Å². The number of amides is 1. The van der Waals surface area contributed by atoms with Gasteiger partial charge in [0.25, 0.3) is 0 Å². The van der Waals surface area contributed by atoms with Crippen molar-refractivity contribution in [1.82, 2.24) is 4.90 Å². The van der Waals surface area contributed by atoms with Gasteiger partial charge in [0.1, 0.15) is 4.99 Å². The molecule has 1 rings (SSSR count). The first kappa shape index (κ1) is 15.8. The first-order valence-electron chi connectivity index (χ1n) is 5.95. The Labute approximate surface area is 123 Å². The first-order chi connectivity index (χ1) is 9.01. The van der Waals surface area contributed by atoms with Gasteiger partial charge in [-0.2, -0.15) is 0 Å². The third-order valence-corrected chi connectivity index (χ3v) is 3.81. The topological polar surface area (TPSA) is 58.4 Å². The Hall–Kier alpha value is -1.27. The number of hydrogen-bond acceptors (Lipinski definition) is 4. The lowest BCUT2D eigenvalue weighted by Crippen LogP contribution is -2.32. The van der Waals surface area contributed by atoms with Gasteiger partial charge in [0.05, 0.1) is 6.54 Å². The Balaban J connectivity index is 2.89. The molecule has 0 aliphatic rings. The van der Waals surface area contributed by atoms with Crippen molar-refractivity contribution < 1.29 is 4.79 Å². The third-order valence-electron chi connectivity index (χ3n) is 2.82. The summed E-state index contributed by atoms with van der Waals surface area (Å²) < 4.78 is 0. The maximum absolute atomic E-state index is 11.8. The predicted molar refractivity (Wildman–Crippen MR) is 85.9 cm³/mol. The van der Waals surface area contributed by atoms with Crippen LogP contribution in [0.2, 0.25) is 0 Å². The minimum atomic E-state index is 0.0333. The zero-order valence-corrected chi connectivity index (χ0v) is 13.0. The average Bonchev–Trinajstić information content (AvgIpc) is 2.42. The fourth-order valence-electron chi connectivity index (χ4n) is 1.58. The summed E-state index contributed by atoms with van der Waals surface area (Å²) in [7, 11) is 1.77. The molecule has 1 amide bonds. The maximum atomic E-state index is 11.8. The second-order valence-electron chi connectivity index (χ2n) is 4.01. The van der Waals surface area contributed by atoms with E-state index in [4.69, 9.17) is 18.0 Å². The number of nitrogens with zero attached hydrogens (tertiary/aromatic N) is 1. The van der Waals surface area contributed by atoms with Crippen LogP contribution >= 0.6 is 24.0 Å². The van der Waals surface area contributed by atoms with Crippen LogP contribution < -0.4 is 11.1 Å². The summed E-state index contributed by atoms with van der Waals surface area (Å²) in [5, 5.41) is 3.11. The van der Waals surface area contributed by atoms with E-state index in [1.807, 2.05) is 31.4 Å². The molecule has 0 aliphatic carbocycles. The number of nitrogens with two attached hydrogens (primary N) is 1. The number of likely N-dealkylation sites (N-methyl/N-ethyl adjacent to an activating group) is 1. The van der Waals surface area contributed by atoms with Gasteiger partial charge in [0.15, 0.2) is 0 Å². The fraction of sp³-hybridized carbons (Fsp3) is 0.385. The number of hydrogen-bond donors (Lipinski definition) is 2. The Morgan fingerprint density at radius 3 is 2.74 bits per heavy atom. The highest BCUT2D eigenvalue weighted by Crippen LogP contribution is 2.26. The normalized spacial score (nSPS) is 10.1. The summed E-state index contributed by atoms with van der Waals surface area (Å²) in [5.41, 5.74) is 7.37. The molecule has 1 aromatic rings. The molecule has 0 heterocycles. The molecule has 0 radical (unpaired) electrons. The van der Waals surface area contributed by atoms with Crippen LogP contribution in [0.4, 0.5) is 5.69 Å². The van der Waals surface area contributed by atoms with E-state index < -0.39 is 0 Å². The molecule has 0 fully saturated rings. The molecule has 1 aromatic carbocycles. The first-order valence-corrected chi connectivity index (χ1v) is 7.59. The molecule has 6 heteroatoms. The van der Waals surface area contributed by atoms with Crippen molar-refractivity contribution in [2.45, 2.75) is 11.8 Å². The largest absolute Gasteiger partial charge is 0.389 e. The number of thioether (sulfide) groups is 1. The SMILES string of the molecule is CCN(C)C(=O)CNc1cccc(SC)c1C(N)=S. The molecule has 0 spiro atoms. The Kier molecular flexibility index (Phi) is 6.11. The molecule has 0 bridgehead atoms. The second kappa shape index (κ2) is 7.35. The number of rotatable bonds is 6. The van der Waals surface area contributed by atoms with E-state index in [1.54, 1.807) is 23.7 Å². The Bertz CT molecular complexity index is 477. The minimum Gasteiger partial charge on any atom is -0.389 e. The van der Waals surface area contributed by atoms with Gasteiger partial charge in [-0.3, -0.25) is 4.79 Å². The van der Waals surface area contributed by atoms with Crippen molar-refractivity contribution in [3.05, 3.63) is 23.8 Å². The van der Waals surface area contributed by atoms with Crippen LogP contribution in [0.5, 0.6) is 0 Å². The van der Waals surface area contributed by atoms with Gasteiger partial charge in [-0.05, 0) is 25.3 Å². The Morgan fingerprint density at radius 1 is 1.53 bits per heavy atom. The van der Waals surface area contributed by atoms with Crippen LogP contribution in [0.15, 0.2) is 23.1 Å². The van der Waals surface area contributed by atoms with Crippen molar-refractivity contribution >= 4 is 40.6 Å². The molecule has 4 nitrogen and oxygen atoms in total. The monoisotopic (exact) mass is 297 g/mol. The predicted octanol–water partition coefficient (Wildman–Crippen LogP) is 1.93. The lowest BCUT2D eigenvalue weighted by molar-refractivity contribution is -0.127. The minimum absolute atomic E-state index is 0.0333. The third kappa shape index (κ3) is 4.11. The van der Waals surface area contributed by atoms with Gasteiger partial charge in [-0.25, -0.2) is 0 Å². The van der Waals surface area contributed by atoms with E-state index >= 15 is 0 Å². The van der Waals surface area contributed by atoms with E-state index in [9.17, 15) is 4.79 Å². The molecule has 0 aromatic heterocycles. The molecule has 0 aliphatic heterocycles. The molecule has 0 saturated carbocycles. The molecule has 104 valence electrons. The molecular formula is C13H19N3OS2. The average molecular weight is 297 g/mol. The summed E-state index contributed by atoms with van der Waals surface area (Å²) in [6.07, 6.45) is 1.97. The van der Waals surface area contributed by atoms with Gasteiger partial charge < -0.3 is 16.0 Å². The van der Waals surface area contributed by atoms with E-state index in [-0.39, 0.29) is 12.5 Å². The van der Waals surface area contributed by atoms with Crippen LogP contribution in [0, 0.1) is 0 Å². The molecule has 0 saturated heterocycles. The fourth-order valence-corrected chi connectivity index (χ4v) is 2.51. The lowest BCUT2D eigenvalue weighted by atomic mass is 10.1. The lowest BCUT2D eigenvalue weighted by Gasteiger charge is -2.17.